The highest BCUT2D eigenvalue weighted by molar-refractivity contribution is 6.05. The van der Waals surface area contributed by atoms with E-state index in [4.69, 9.17) is 10.5 Å². The number of hydrogen-bond donors (Lipinski definition) is 3. The first-order valence-electron chi connectivity index (χ1n) is 6.90. The van der Waals surface area contributed by atoms with Crippen molar-refractivity contribution < 1.29 is 9.53 Å². The average molecular weight is 309 g/mol. The number of aromatic nitrogens is 3. The summed E-state index contributed by atoms with van der Waals surface area (Å²) in [5, 5.41) is 9.38. The molecule has 0 unspecified atom stereocenters. The van der Waals surface area contributed by atoms with Gasteiger partial charge in [-0.2, -0.15) is 4.98 Å². The van der Waals surface area contributed by atoms with Crippen LogP contribution in [0, 0.1) is 0 Å². The highest BCUT2D eigenvalue weighted by atomic mass is 16.5. The van der Waals surface area contributed by atoms with E-state index in [-0.39, 0.29) is 11.9 Å². The van der Waals surface area contributed by atoms with Gasteiger partial charge in [0.1, 0.15) is 5.75 Å². The molecule has 0 aliphatic heterocycles. The van der Waals surface area contributed by atoms with E-state index >= 15 is 0 Å². The molecule has 0 spiro atoms. The van der Waals surface area contributed by atoms with Crippen LogP contribution in [0.3, 0.4) is 0 Å². The van der Waals surface area contributed by atoms with Gasteiger partial charge in [-0.15, -0.1) is 5.10 Å². The smallest absolute Gasteiger partial charge is 0.261 e. The van der Waals surface area contributed by atoms with Gasteiger partial charge in [-0.05, 0) is 24.3 Å². The number of H-pyrrole nitrogens is 1. The van der Waals surface area contributed by atoms with Crippen LogP contribution in [0.1, 0.15) is 10.4 Å². The number of rotatable bonds is 4. The third-order valence-corrected chi connectivity index (χ3v) is 3.28. The molecule has 1 aromatic heterocycles. The van der Waals surface area contributed by atoms with Crippen molar-refractivity contribution in [1.82, 2.24) is 15.2 Å². The van der Waals surface area contributed by atoms with Gasteiger partial charge < -0.3 is 10.5 Å². The number of nitrogens with zero attached hydrogens (tertiary/aromatic N) is 2. The number of nitrogens with two attached hydrogens (primary N) is 1. The normalized spacial score (nSPS) is 10.3. The lowest BCUT2D eigenvalue weighted by molar-refractivity contribution is 0.102. The summed E-state index contributed by atoms with van der Waals surface area (Å²) in [6, 6.07) is 14.2. The van der Waals surface area contributed by atoms with Crippen LogP contribution in [0.25, 0.3) is 11.4 Å². The number of carbonyl (C=O) groups is 1. The summed E-state index contributed by atoms with van der Waals surface area (Å²) in [4.78, 5) is 16.5. The van der Waals surface area contributed by atoms with Crippen molar-refractivity contribution in [2.24, 2.45) is 0 Å². The number of carbonyl (C=O) groups excluding carboxylic acids is 1. The molecule has 0 aliphatic rings. The van der Waals surface area contributed by atoms with Crippen molar-refractivity contribution in [2.75, 3.05) is 18.2 Å². The number of hydrogen-bond acceptors (Lipinski definition) is 5. The molecule has 1 heterocycles. The van der Waals surface area contributed by atoms with Gasteiger partial charge in [0.2, 0.25) is 5.95 Å². The molecule has 0 bridgehead atoms. The second-order valence-electron chi connectivity index (χ2n) is 4.75. The van der Waals surface area contributed by atoms with Gasteiger partial charge in [0.25, 0.3) is 5.91 Å². The summed E-state index contributed by atoms with van der Waals surface area (Å²) in [7, 11) is 1.51. The third kappa shape index (κ3) is 2.98. The molecule has 0 saturated heterocycles. The fraction of sp³-hybridized carbons (Fsp3) is 0.0625. The molecule has 3 aromatic rings. The first-order chi connectivity index (χ1) is 11.2. The molecule has 23 heavy (non-hydrogen) atoms. The second-order valence-corrected chi connectivity index (χ2v) is 4.75. The number of nitrogen functional groups attached to an aromatic ring is 1. The van der Waals surface area contributed by atoms with E-state index in [2.05, 4.69) is 20.5 Å². The van der Waals surface area contributed by atoms with E-state index in [0.717, 1.165) is 5.56 Å². The minimum absolute atomic E-state index is 0.166. The standard InChI is InChI=1S/C16H15N5O2/c1-23-13-9-5-3-7-11(13)15(22)19-16-18-14(20-21-16)10-6-2-4-8-12(10)17/h2-9H,17H2,1H3,(H2,18,19,20,21,22). The fourth-order valence-corrected chi connectivity index (χ4v) is 2.15. The molecule has 4 N–H and O–H groups in total. The lowest BCUT2D eigenvalue weighted by Gasteiger charge is -2.06. The minimum Gasteiger partial charge on any atom is -0.496 e. The summed E-state index contributed by atoms with van der Waals surface area (Å²) in [5.74, 6) is 0.777. The first kappa shape index (κ1) is 14.6. The molecular weight excluding hydrogens is 294 g/mol. The van der Waals surface area contributed by atoms with Crippen LogP contribution in [0.15, 0.2) is 48.5 Å². The largest absolute Gasteiger partial charge is 0.496 e. The Bertz CT molecular complexity index is 844. The number of anilines is 2. The lowest BCUT2D eigenvalue weighted by Crippen LogP contribution is -2.14. The van der Waals surface area contributed by atoms with Crippen molar-refractivity contribution in [3.63, 3.8) is 0 Å². The van der Waals surface area contributed by atoms with E-state index in [1.54, 1.807) is 30.3 Å². The maximum absolute atomic E-state index is 12.3. The topological polar surface area (TPSA) is 106 Å². The number of ether oxygens (including phenoxy) is 1. The van der Waals surface area contributed by atoms with Gasteiger partial charge in [0.05, 0.1) is 12.7 Å². The van der Waals surface area contributed by atoms with Gasteiger partial charge in [-0.25, -0.2) is 0 Å². The molecule has 7 nitrogen and oxygen atoms in total. The molecule has 0 radical (unpaired) electrons. The summed E-state index contributed by atoms with van der Waals surface area (Å²) >= 11 is 0. The summed E-state index contributed by atoms with van der Waals surface area (Å²) in [6.45, 7) is 0. The SMILES string of the molecule is COc1ccccc1C(=O)Nc1n[nH]c(-c2ccccc2N)n1. The Morgan fingerprint density at radius 1 is 1.17 bits per heavy atom. The van der Waals surface area contributed by atoms with E-state index in [1.807, 2.05) is 18.2 Å². The Hall–Kier alpha value is -3.35. The predicted octanol–water partition coefficient (Wildman–Crippen LogP) is 2.31. The molecule has 0 aliphatic carbocycles. The fourth-order valence-electron chi connectivity index (χ4n) is 2.15. The predicted molar refractivity (Wildman–Crippen MR) is 87.2 cm³/mol. The first-order valence-corrected chi connectivity index (χ1v) is 6.90. The lowest BCUT2D eigenvalue weighted by atomic mass is 10.2. The quantitative estimate of drug-likeness (QED) is 0.641. The second kappa shape index (κ2) is 6.18. The van der Waals surface area contributed by atoms with Crippen LogP contribution in [-0.2, 0) is 0 Å². The van der Waals surface area contributed by atoms with Crippen molar-refractivity contribution in [1.29, 1.82) is 0 Å². The monoisotopic (exact) mass is 309 g/mol. The van der Waals surface area contributed by atoms with Gasteiger partial charge in [-0.3, -0.25) is 15.2 Å². The third-order valence-electron chi connectivity index (χ3n) is 3.28. The molecule has 7 heteroatoms. The zero-order chi connectivity index (χ0) is 16.2. The van der Waals surface area contributed by atoms with E-state index in [1.165, 1.54) is 7.11 Å². The maximum Gasteiger partial charge on any atom is 0.261 e. The summed E-state index contributed by atoms with van der Waals surface area (Å²) < 4.78 is 5.17. The van der Waals surface area contributed by atoms with Crippen LogP contribution in [0.5, 0.6) is 5.75 Å². The molecule has 116 valence electrons. The molecule has 1 amide bonds. The number of nitrogens with one attached hydrogen (secondary N) is 2. The van der Waals surface area contributed by atoms with Gasteiger partial charge in [0.15, 0.2) is 5.82 Å². The van der Waals surface area contributed by atoms with Crippen LogP contribution < -0.4 is 15.8 Å². The van der Waals surface area contributed by atoms with Crippen molar-refractivity contribution in [2.45, 2.75) is 0 Å². The number of benzene rings is 2. The highest BCUT2D eigenvalue weighted by Crippen LogP contribution is 2.23. The molecule has 0 fully saturated rings. The zero-order valence-electron chi connectivity index (χ0n) is 12.4. The van der Waals surface area contributed by atoms with E-state index in [9.17, 15) is 4.79 Å². The Morgan fingerprint density at radius 3 is 2.70 bits per heavy atom. The van der Waals surface area contributed by atoms with Crippen LogP contribution in [0.2, 0.25) is 0 Å². The van der Waals surface area contributed by atoms with Gasteiger partial charge >= 0.3 is 0 Å². The Kier molecular flexibility index (Phi) is 3.92. The molecule has 0 atom stereocenters. The highest BCUT2D eigenvalue weighted by Gasteiger charge is 2.15. The summed E-state index contributed by atoms with van der Waals surface area (Å²) in [6.07, 6.45) is 0. The maximum atomic E-state index is 12.3. The number of methoxy groups -OCH3 is 1. The van der Waals surface area contributed by atoms with Crippen molar-refractivity contribution in [3.05, 3.63) is 54.1 Å². The molecule has 2 aromatic carbocycles. The van der Waals surface area contributed by atoms with Crippen molar-refractivity contribution in [3.8, 4) is 17.1 Å². The Labute approximate surface area is 132 Å². The molecule has 3 rings (SSSR count). The van der Waals surface area contributed by atoms with E-state index in [0.29, 0.717) is 22.8 Å². The minimum atomic E-state index is -0.353. The number of aromatic amines is 1. The van der Waals surface area contributed by atoms with Crippen LogP contribution in [-0.4, -0.2) is 28.2 Å². The number of para-hydroxylation sites is 2. The van der Waals surface area contributed by atoms with Crippen LogP contribution in [0.4, 0.5) is 11.6 Å². The van der Waals surface area contributed by atoms with E-state index < -0.39 is 0 Å². The van der Waals surface area contributed by atoms with Gasteiger partial charge in [0, 0.05) is 11.3 Å². The number of amides is 1. The Morgan fingerprint density at radius 2 is 1.91 bits per heavy atom. The molecule has 0 saturated carbocycles. The summed E-state index contributed by atoms with van der Waals surface area (Å²) in [5.41, 5.74) is 7.60. The molecular formula is C16H15N5O2. The zero-order valence-corrected chi connectivity index (χ0v) is 12.4. The Balaban J connectivity index is 1.82. The van der Waals surface area contributed by atoms with Crippen molar-refractivity contribution >= 4 is 17.5 Å². The van der Waals surface area contributed by atoms with Gasteiger partial charge in [-0.1, -0.05) is 24.3 Å². The average Bonchev–Trinajstić information content (AvgIpc) is 3.03. The van der Waals surface area contributed by atoms with Crippen LogP contribution >= 0.6 is 0 Å².